The van der Waals surface area contributed by atoms with Gasteiger partial charge in [-0.25, -0.2) is 9.07 Å². The van der Waals surface area contributed by atoms with Crippen molar-refractivity contribution in [1.29, 1.82) is 0 Å². The zero-order valence-electron chi connectivity index (χ0n) is 16.4. The van der Waals surface area contributed by atoms with Crippen LogP contribution in [0.3, 0.4) is 0 Å². The van der Waals surface area contributed by atoms with Crippen LogP contribution >= 0.6 is 0 Å². The monoisotopic (exact) mass is 406 g/mol. The number of benzene rings is 2. The number of nitrogens with zero attached hydrogens (tertiary/aromatic N) is 3. The molecule has 0 bridgehead atoms. The summed E-state index contributed by atoms with van der Waals surface area (Å²) in [4.78, 5) is 16.7. The van der Waals surface area contributed by atoms with Gasteiger partial charge in [-0.3, -0.25) is 4.79 Å². The summed E-state index contributed by atoms with van der Waals surface area (Å²) < 4.78 is 25.7. The highest BCUT2D eigenvalue weighted by atomic mass is 19.1. The zero-order valence-corrected chi connectivity index (χ0v) is 16.4. The Bertz CT molecular complexity index is 1130. The van der Waals surface area contributed by atoms with E-state index in [-0.39, 0.29) is 18.0 Å². The van der Waals surface area contributed by atoms with Gasteiger partial charge in [0.05, 0.1) is 18.1 Å². The molecule has 0 atom stereocenters. The first kappa shape index (κ1) is 19.4. The number of rotatable bonds is 6. The quantitative estimate of drug-likeness (QED) is 0.502. The second kappa shape index (κ2) is 8.20. The molecule has 2 heterocycles. The number of nitrogens with one attached hydrogen (secondary N) is 1. The van der Waals surface area contributed by atoms with E-state index < -0.39 is 5.82 Å². The lowest BCUT2D eigenvalue weighted by Crippen LogP contribution is -2.12. The van der Waals surface area contributed by atoms with Crippen molar-refractivity contribution in [3.05, 3.63) is 78.3 Å². The summed E-state index contributed by atoms with van der Waals surface area (Å²) in [7, 11) is 0. The van der Waals surface area contributed by atoms with Crippen LogP contribution in [0.5, 0.6) is 6.01 Å². The van der Waals surface area contributed by atoms with Crippen molar-refractivity contribution in [3.8, 4) is 23.3 Å². The van der Waals surface area contributed by atoms with Crippen LogP contribution in [0.25, 0.3) is 17.3 Å². The third kappa shape index (κ3) is 4.22. The van der Waals surface area contributed by atoms with E-state index in [9.17, 15) is 9.18 Å². The maximum absolute atomic E-state index is 13.0. The van der Waals surface area contributed by atoms with Crippen molar-refractivity contribution >= 4 is 11.6 Å². The van der Waals surface area contributed by atoms with Gasteiger partial charge < -0.3 is 14.5 Å². The molecule has 0 saturated carbocycles. The van der Waals surface area contributed by atoms with Crippen molar-refractivity contribution in [2.45, 2.75) is 20.0 Å². The number of anilines is 1. The summed E-state index contributed by atoms with van der Waals surface area (Å²) in [5.41, 5.74) is 1.67. The molecular formula is C22H19FN4O3. The van der Waals surface area contributed by atoms with Gasteiger partial charge in [0, 0.05) is 11.3 Å². The van der Waals surface area contributed by atoms with Crippen LogP contribution in [0, 0.1) is 5.82 Å². The SMILES string of the molecule is CC(C)Oc1nc(-c2ccco2)n(-c2ccc(NC(=O)c3ccc(F)cc3)cc2)n1. The van der Waals surface area contributed by atoms with Gasteiger partial charge >= 0.3 is 6.01 Å². The highest BCUT2D eigenvalue weighted by Gasteiger charge is 2.17. The molecule has 7 nitrogen and oxygen atoms in total. The van der Waals surface area contributed by atoms with E-state index >= 15 is 0 Å². The topological polar surface area (TPSA) is 82.2 Å². The standard InChI is InChI=1S/C22H19FN4O3/c1-14(2)30-22-25-20(19-4-3-13-29-19)27(26-22)18-11-9-17(10-12-18)24-21(28)15-5-7-16(23)8-6-15/h3-14H,1-2H3,(H,24,28). The lowest BCUT2D eigenvalue weighted by Gasteiger charge is -2.08. The lowest BCUT2D eigenvalue weighted by molar-refractivity contribution is 0.102. The molecule has 152 valence electrons. The van der Waals surface area contributed by atoms with Crippen LogP contribution < -0.4 is 10.1 Å². The Morgan fingerprint density at radius 2 is 1.83 bits per heavy atom. The average molecular weight is 406 g/mol. The van der Waals surface area contributed by atoms with Gasteiger partial charge in [0.25, 0.3) is 5.91 Å². The maximum atomic E-state index is 13.0. The van der Waals surface area contributed by atoms with Gasteiger partial charge in [-0.1, -0.05) is 0 Å². The summed E-state index contributed by atoms with van der Waals surface area (Å²) in [6.07, 6.45) is 1.49. The minimum atomic E-state index is -0.392. The van der Waals surface area contributed by atoms with Crippen LogP contribution in [0.15, 0.2) is 71.3 Å². The van der Waals surface area contributed by atoms with Crippen molar-refractivity contribution in [3.63, 3.8) is 0 Å². The van der Waals surface area contributed by atoms with Crippen LogP contribution in [-0.2, 0) is 0 Å². The van der Waals surface area contributed by atoms with Crippen LogP contribution in [0.2, 0.25) is 0 Å². The third-order valence-electron chi connectivity index (χ3n) is 4.15. The fraction of sp³-hybridized carbons (Fsp3) is 0.136. The van der Waals surface area contributed by atoms with E-state index in [2.05, 4.69) is 15.4 Å². The first-order chi connectivity index (χ1) is 14.5. The molecule has 4 aromatic rings. The molecule has 0 unspecified atom stereocenters. The van der Waals surface area contributed by atoms with E-state index in [1.54, 1.807) is 47.3 Å². The van der Waals surface area contributed by atoms with Gasteiger partial charge in [-0.2, -0.15) is 4.98 Å². The minimum Gasteiger partial charge on any atom is -0.461 e. The van der Waals surface area contributed by atoms with Crippen molar-refractivity contribution in [1.82, 2.24) is 14.8 Å². The number of aromatic nitrogens is 3. The van der Waals surface area contributed by atoms with Crippen molar-refractivity contribution in [2.75, 3.05) is 5.32 Å². The zero-order chi connectivity index (χ0) is 21.1. The molecule has 0 aliphatic rings. The summed E-state index contributed by atoms with van der Waals surface area (Å²) in [6.45, 7) is 3.79. The Morgan fingerprint density at radius 1 is 1.10 bits per heavy atom. The molecule has 8 heteroatoms. The Morgan fingerprint density at radius 3 is 2.47 bits per heavy atom. The molecule has 0 fully saturated rings. The Balaban J connectivity index is 1.58. The Kier molecular flexibility index (Phi) is 5.30. The maximum Gasteiger partial charge on any atom is 0.336 e. The number of ether oxygens (including phenoxy) is 1. The van der Waals surface area contributed by atoms with Crippen molar-refractivity contribution < 1.29 is 18.3 Å². The van der Waals surface area contributed by atoms with Gasteiger partial charge in [0.2, 0.25) is 5.82 Å². The highest BCUT2D eigenvalue weighted by Crippen LogP contribution is 2.25. The smallest absolute Gasteiger partial charge is 0.336 e. The van der Waals surface area contributed by atoms with Gasteiger partial charge in [0.15, 0.2) is 5.76 Å². The van der Waals surface area contributed by atoms with Gasteiger partial charge in [-0.15, -0.1) is 5.10 Å². The molecule has 2 aromatic carbocycles. The van der Waals surface area contributed by atoms with Crippen molar-refractivity contribution in [2.24, 2.45) is 0 Å². The second-order valence-electron chi connectivity index (χ2n) is 6.78. The molecule has 0 aliphatic heterocycles. The van der Waals surface area contributed by atoms with E-state index in [1.807, 2.05) is 13.8 Å². The predicted molar refractivity (Wildman–Crippen MR) is 109 cm³/mol. The molecule has 0 radical (unpaired) electrons. The molecule has 0 saturated heterocycles. The molecule has 30 heavy (non-hydrogen) atoms. The fourth-order valence-corrected chi connectivity index (χ4v) is 2.79. The second-order valence-corrected chi connectivity index (χ2v) is 6.78. The van der Waals surface area contributed by atoms with E-state index in [0.717, 1.165) is 0 Å². The summed E-state index contributed by atoms with van der Waals surface area (Å²) in [5, 5.41) is 7.20. The molecule has 0 spiro atoms. The number of amides is 1. The van der Waals surface area contributed by atoms with Gasteiger partial charge in [0.1, 0.15) is 5.82 Å². The minimum absolute atomic E-state index is 0.0747. The summed E-state index contributed by atoms with van der Waals surface area (Å²) in [5.74, 6) is 0.331. The number of hydrogen-bond acceptors (Lipinski definition) is 5. The number of carbonyl (C=O) groups is 1. The number of carbonyl (C=O) groups excluding carboxylic acids is 1. The summed E-state index contributed by atoms with van der Waals surface area (Å²) in [6, 6.07) is 16.2. The first-order valence-electron chi connectivity index (χ1n) is 9.34. The highest BCUT2D eigenvalue weighted by molar-refractivity contribution is 6.04. The van der Waals surface area contributed by atoms with E-state index in [1.165, 1.54) is 24.3 Å². The largest absolute Gasteiger partial charge is 0.461 e. The Labute approximate surface area is 172 Å². The molecule has 2 aromatic heterocycles. The van der Waals surface area contributed by atoms with Crippen LogP contribution in [-0.4, -0.2) is 26.8 Å². The molecular weight excluding hydrogens is 387 g/mol. The summed E-state index contributed by atoms with van der Waals surface area (Å²) >= 11 is 0. The van der Waals surface area contributed by atoms with Crippen LogP contribution in [0.1, 0.15) is 24.2 Å². The number of furan rings is 1. The molecule has 1 N–H and O–H groups in total. The fourth-order valence-electron chi connectivity index (χ4n) is 2.79. The molecule has 4 rings (SSSR count). The predicted octanol–water partition coefficient (Wildman–Crippen LogP) is 4.71. The normalized spacial score (nSPS) is 10.9. The van der Waals surface area contributed by atoms with Gasteiger partial charge in [-0.05, 0) is 74.5 Å². The number of hydrogen-bond donors (Lipinski definition) is 1. The molecule has 0 aliphatic carbocycles. The molecule has 1 amide bonds. The third-order valence-corrected chi connectivity index (χ3v) is 4.15. The number of halogens is 1. The van der Waals surface area contributed by atoms with E-state index in [4.69, 9.17) is 9.15 Å². The lowest BCUT2D eigenvalue weighted by atomic mass is 10.2. The average Bonchev–Trinajstić information content (AvgIpc) is 3.38. The first-order valence-corrected chi connectivity index (χ1v) is 9.34. The van der Waals surface area contributed by atoms with E-state index in [0.29, 0.717) is 28.5 Å². The Hall–Kier alpha value is -3.94. The van der Waals surface area contributed by atoms with Crippen LogP contribution in [0.4, 0.5) is 10.1 Å².